The molecule has 1 fully saturated rings. The van der Waals surface area contributed by atoms with Crippen molar-refractivity contribution < 1.29 is 5.11 Å². The van der Waals surface area contributed by atoms with Crippen LogP contribution in [0.5, 0.6) is 5.88 Å². The fourth-order valence-electron chi connectivity index (χ4n) is 3.50. The molecule has 0 amide bonds. The number of aromatic hydroxyl groups is 1. The van der Waals surface area contributed by atoms with Gasteiger partial charge in [0.15, 0.2) is 0 Å². The Morgan fingerprint density at radius 3 is 2.65 bits per heavy atom. The van der Waals surface area contributed by atoms with Gasteiger partial charge in [-0.2, -0.15) is 0 Å². The third-order valence-corrected chi connectivity index (χ3v) is 4.95. The lowest BCUT2D eigenvalue weighted by Gasteiger charge is -2.26. The lowest BCUT2D eigenvalue weighted by molar-refractivity contribution is 0.386. The Morgan fingerprint density at radius 2 is 1.96 bits per heavy atom. The van der Waals surface area contributed by atoms with Gasteiger partial charge in [-0.3, -0.25) is 14.8 Å². The topological polar surface area (TPSA) is 113 Å². The van der Waals surface area contributed by atoms with Crippen molar-refractivity contribution in [3.05, 3.63) is 56.2 Å². The Balaban J connectivity index is 2.14. The van der Waals surface area contributed by atoms with Gasteiger partial charge in [-0.15, -0.1) is 0 Å². The van der Waals surface area contributed by atoms with Crippen LogP contribution in [-0.4, -0.2) is 32.5 Å². The van der Waals surface area contributed by atoms with Crippen LogP contribution in [-0.2, 0) is 0 Å². The van der Waals surface area contributed by atoms with Crippen LogP contribution >= 0.6 is 0 Å². The van der Waals surface area contributed by atoms with Crippen molar-refractivity contribution in [3.63, 3.8) is 0 Å². The summed E-state index contributed by atoms with van der Waals surface area (Å²) in [4.78, 5) is 31.5. The third kappa shape index (κ3) is 3.35. The lowest BCUT2D eigenvalue weighted by Crippen LogP contribution is -2.38. The molecule has 1 saturated carbocycles. The number of nitrogens with zero attached hydrogens (tertiary/aromatic N) is 2. The van der Waals surface area contributed by atoms with Gasteiger partial charge in [0.05, 0.1) is 17.4 Å². The van der Waals surface area contributed by atoms with Crippen LogP contribution in [0.2, 0.25) is 0 Å². The van der Waals surface area contributed by atoms with E-state index in [1.54, 1.807) is 19.1 Å². The van der Waals surface area contributed by atoms with Crippen LogP contribution in [0.15, 0.2) is 38.8 Å². The molecule has 26 heavy (non-hydrogen) atoms. The number of aryl methyl sites for hydroxylation is 1. The summed E-state index contributed by atoms with van der Waals surface area (Å²) in [7, 11) is 0. The predicted octanol–water partition coefficient (Wildman–Crippen LogP) is 1.62. The molecule has 0 spiro atoms. The van der Waals surface area contributed by atoms with Gasteiger partial charge in [0.25, 0.3) is 5.56 Å². The summed E-state index contributed by atoms with van der Waals surface area (Å²) < 4.78 is 1.10. The Bertz CT molecular complexity index is 958. The molecule has 1 aromatic heterocycles. The van der Waals surface area contributed by atoms with Crippen LogP contribution in [0.4, 0.5) is 0 Å². The molecule has 0 saturated heterocycles. The molecule has 0 radical (unpaired) electrons. The van der Waals surface area contributed by atoms with E-state index in [0.29, 0.717) is 11.4 Å². The number of hydrogen-bond acceptors (Lipinski definition) is 5. The molecule has 1 aromatic carbocycles. The summed E-state index contributed by atoms with van der Waals surface area (Å²) in [5.74, 6) is -0.404. The fourth-order valence-corrected chi connectivity index (χ4v) is 3.50. The van der Waals surface area contributed by atoms with Crippen molar-refractivity contribution in [2.24, 2.45) is 10.7 Å². The first-order chi connectivity index (χ1) is 12.4. The van der Waals surface area contributed by atoms with Gasteiger partial charge >= 0.3 is 5.69 Å². The van der Waals surface area contributed by atoms with E-state index in [4.69, 9.17) is 5.73 Å². The molecule has 138 valence electrons. The maximum atomic E-state index is 12.4. The number of hydrogen-bond donors (Lipinski definition) is 3. The average Bonchev–Trinajstić information content (AvgIpc) is 2.58. The second-order valence-electron chi connectivity index (χ2n) is 6.81. The first-order valence-electron chi connectivity index (χ1n) is 8.84. The number of para-hydroxylation sites is 1. The van der Waals surface area contributed by atoms with Gasteiger partial charge in [-0.25, -0.2) is 9.36 Å². The van der Waals surface area contributed by atoms with E-state index in [1.807, 2.05) is 19.1 Å². The normalized spacial score (nSPS) is 21.0. The molecule has 1 aliphatic rings. The quantitative estimate of drug-likeness (QED) is 0.725. The number of aliphatic imine (C=N–C) groups is 1. The highest BCUT2D eigenvalue weighted by molar-refractivity contribution is 6.00. The molecule has 2 atom stereocenters. The van der Waals surface area contributed by atoms with Gasteiger partial charge in [0.2, 0.25) is 5.88 Å². The maximum Gasteiger partial charge on any atom is 0.335 e. The van der Waals surface area contributed by atoms with E-state index < -0.39 is 17.1 Å². The Labute approximate surface area is 151 Å². The van der Waals surface area contributed by atoms with E-state index >= 15 is 0 Å². The van der Waals surface area contributed by atoms with Crippen molar-refractivity contribution in [3.8, 4) is 11.6 Å². The molecule has 3 rings (SSSR count). The third-order valence-electron chi connectivity index (χ3n) is 4.95. The number of benzene rings is 1. The highest BCUT2D eigenvalue weighted by Gasteiger charge is 2.24. The zero-order chi connectivity index (χ0) is 18.8. The highest BCUT2D eigenvalue weighted by Crippen LogP contribution is 2.23. The molecule has 0 aliphatic heterocycles. The monoisotopic (exact) mass is 356 g/mol. The van der Waals surface area contributed by atoms with E-state index in [9.17, 15) is 14.7 Å². The largest absolute Gasteiger partial charge is 0.493 e. The number of nitrogens with one attached hydrogen (secondary N) is 1. The molecule has 7 nitrogen and oxygen atoms in total. The van der Waals surface area contributed by atoms with Crippen molar-refractivity contribution >= 4 is 5.71 Å². The minimum atomic E-state index is -0.687. The molecule has 1 heterocycles. The van der Waals surface area contributed by atoms with Gasteiger partial charge in [-0.1, -0.05) is 31.0 Å². The fraction of sp³-hybridized carbons (Fsp3) is 0.421. The Hall–Kier alpha value is -2.67. The van der Waals surface area contributed by atoms with E-state index in [1.165, 1.54) is 0 Å². The smallest absolute Gasteiger partial charge is 0.335 e. The van der Waals surface area contributed by atoms with Gasteiger partial charge in [0.1, 0.15) is 5.56 Å². The van der Waals surface area contributed by atoms with E-state index in [0.717, 1.165) is 35.8 Å². The zero-order valence-electron chi connectivity index (χ0n) is 15.0. The summed E-state index contributed by atoms with van der Waals surface area (Å²) >= 11 is 0. The number of aromatic nitrogens is 2. The first kappa shape index (κ1) is 18.1. The molecule has 4 N–H and O–H groups in total. The van der Waals surface area contributed by atoms with Crippen molar-refractivity contribution in [2.75, 3.05) is 0 Å². The van der Waals surface area contributed by atoms with Crippen LogP contribution in [0.1, 0.15) is 43.7 Å². The molecular weight excluding hydrogens is 332 g/mol. The average molecular weight is 356 g/mol. The molecule has 7 heteroatoms. The summed E-state index contributed by atoms with van der Waals surface area (Å²) in [6, 6.07) is 7.01. The van der Waals surface area contributed by atoms with Crippen LogP contribution in [0.25, 0.3) is 5.69 Å². The highest BCUT2D eigenvalue weighted by atomic mass is 16.3. The minimum absolute atomic E-state index is 0.00521. The van der Waals surface area contributed by atoms with Crippen molar-refractivity contribution in [1.82, 2.24) is 9.55 Å². The summed E-state index contributed by atoms with van der Waals surface area (Å²) in [6.45, 7) is 3.49. The first-order valence-corrected chi connectivity index (χ1v) is 8.84. The number of H-pyrrole nitrogens is 1. The second-order valence-corrected chi connectivity index (χ2v) is 6.81. The van der Waals surface area contributed by atoms with E-state index in [2.05, 4.69) is 9.98 Å². The molecular formula is C19H24N4O3. The van der Waals surface area contributed by atoms with Gasteiger partial charge in [0, 0.05) is 6.04 Å². The summed E-state index contributed by atoms with van der Waals surface area (Å²) in [5, 5.41) is 10.7. The van der Waals surface area contributed by atoms with Crippen molar-refractivity contribution in [2.45, 2.75) is 51.6 Å². The van der Waals surface area contributed by atoms with Gasteiger partial charge in [-0.05, 0) is 38.3 Å². The Morgan fingerprint density at radius 1 is 1.27 bits per heavy atom. The number of rotatable bonds is 3. The van der Waals surface area contributed by atoms with Crippen LogP contribution in [0, 0.1) is 6.92 Å². The Kier molecular flexibility index (Phi) is 5.08. The SMILES string of the molecule is CC(=NC1CCCCC1N)c1c(O)n(-c2ccccc2C)c(=O)[nH]c1=O. The number of aromatic amines is 1. The summed E-state index contributed by atoms with van der Waals surface area (Å²) in [6.07, 6.45) is 3.87. The molecule has 2 aromatic rings. The van der Waals surface area contributed by atoms with Crippen LogP contribution < -0.4 is 17.0 Å². The van der Waals surface area contributed by atoms with Crippen molar-refractivity contribution in [1.29, 1.82) is 0 Å². The predicted molar refractivity (Wildman–Crippen MR) is 102 cm³/mol. The molecule has 2 unspecified atom stereocenters. The van der Waals surface area contributed by atoms with E-state index in [-0.39, 0.29) is 17.6 Å². The summed E-state index contributed by atoms with van der Waals surface area (Å²) in [5.41, 5.74) is 6.49. The lowest BCUT2D eigenvalue weighted by atomic mass is 9.91. The second kappa shape index (κ2) is 7.29. The zero-order valence-corrected chi connectivity index (χ0v) is 15.0. The molecule has 0 bridgehead atoms. The maximum absolute atomic E-state index is 12.4. The standard InChI is InChI=1S/C19H24N4O3/c1-11-7-3-6-10-15(11)23-18(25)16(17(24)22-19(23)26)12(2)21-14-9-5-4-8-13(14)20/h3,6-7,10,13-14,25H,4-5,8-9,20H2,1-2H3,(H,22,24,26). The van der Waals surface area contributed by atoms with Gasteiger partial charge < -0.3 is 10.8 Å². The minimum Gasteiger partial charge on any atom is -0.493 e. The molecule has 1 aliphatic carbocycles. The number of nitrogens with two attached hydrogens (primary N) is 1. The van der Waals surface area contributed by atoms with Crippen LogP contribution in [0.3, 0.4) is 0 Å².